The van der Waals surface area contributed by atoms with E-state index in [1.54, 1.807) is 4.90 Å². The van der Waals surface area contributed by atoms with Crippen LogP contribution >= 0.6 is 0 Å². The van der Waals surface area contributed by atoms with Crippen LogP contribution in [0, 0.1) is 0 Å². The molecule has 0 atom stereocenters. The average Bonchev–Trinajstić information content (AvgIpc) is 3.41. The number of alkyl halides is 3. The van der Waals surface area contributed by atoms with E-state index in [0.29, 0.717) is 38.3 Å². The summed E-state index contributed by atoms with van der Waals surface area (Å²) in [4.78, 5) is 27.7. The molecule has 1 amide bonds. The quantitative estimate of drug-likeness (QED) is 0.425. The van der Waals surface area contributed by atoms with Gasteiger partial charge in [0.15, 0.2) is 0 Å². The molecule has 1 aliphatic heterocycles. The van der Waals surface area contributed by atoms with Gasteiger partial charge in [-0.25, -0.2) is 4.68 Å². The molecule has 0 radical (unpaired) electrons. The van der Waals surface area contributed by atoms with Crippen molar-refractivity contribution < 1.29 is 27.5 Å². The third kappa shape index (κ3) is 7.13. The zero-order valence-electron chi connectivity index (χ0n) is 20.3. The summed E-state index contributed by atoms with van der Waals surface area (Å²) in [6, 6.07) is 11.2. The van der Waals surface area contributed by atoms with Crippen molar-refractivity contribution in [1.29, 1.82) is 0 Å². The van der Waals surface area contributed by atoms with Gasteiger partial charge in [0.2, 0.25) is 5.91 Å². The third-order valence-corrected chi connectivity index (χ3v) is 6.24. The lowest BCUT2D eigenvalue weighted by molar-refractivity contribution is -0.142. The normalized spacial score (nSPS) is 14.5. The highest BCUT2D eigenvalue weighted by Gasteiger charge is 2.33. The van der Waals surface area contributed by atoms with Crippen LogP contribution in [0.5, 0.6) is 0 Å². The van der Waals surface area contributed by atoms with E-state index in [4.69, 9.17) is 4.74 Å². The maximum absolute atomic E-state index is 13.5. The fourth-order valence-electron chi connectivity index (χ4n) is 4.24. The summed E-state index contributed by atoms with van der Waals surface area (Å²) >= 11 is 0. The molecule has 0 bridgehead atoms. The van der Waals surface area contributed by atoms with Crippen molar-refractivity contribution in [2.45, 2.75) is 32.5 Å². The van der Waals surface area contributed by atoms with Gasteiger partial charge in [-0.1, -0.05) is 24.3 Å². The van der Waals surface area contributed by atoms with Gasteiger partial charge in [0.1, 0.15) is 12.9 Å². The van der Waals surface area contributed by atoms with Crippen molar-refractivity contribution in [2.24, 2.45) is 0 Å². The summed E-state index contributed by atoms with van der Waals surface area (Å²) in [7, 11) is 0. The number of amides is 1. The van der Waals surface area contributed by atoms with Gasteiger partial charge in [-0.05, 0) is 51.7 Å². The van der Waals surface area contributed by atoms with Crippen molar-refractivity contribution in [2.75, 3.05) is 32.7 Å². The van der Waals surface area contributed by atoms with Crippen molar-refractivity contribution in [3.05, 3.63) is 71.0 Å². The molecule has 1 aromatic heterocycles. The second-order valence-corrected chi connectivity index (χ2v) is 8.84. The minimum atomic E-state index is -4.47. The predicted octanol–water partition coefficient (Wildman–Crippen LogP) is 2.67. The topological polar surface area (TPSA) is 93.5 Å². The molecule has 3 aromatic rings. The molecule has 0 N–H and O–H groups in total. The molecule has 2 heterocycles. The number of carbonyl (C=O) groups excluding carboxylic acids is 2. The van der Waals surface area contributed by atoms with Crippen molar-refractivity contribution in [3.8, 4) is 5.69 Å². The smallest absolute Gasteiger partial charge is 0.416 e. The largest absolute Gasteiger partial charge is 0.461 e. The van der Waals surface area contributed by atoms with Crippen LogP contribution in [0.4, 0.5) is 13.2 Å². The van der Waals surface area contributed by atoms with E-state index in [1.165, 1.54) is 30.1 Å². The Morgan fingerprint density at radius 1 is 1.00 bits per heavy atom. The zero-order valence-corrected chi connectivity index (χ0v) is 20.3. The summed E-state index contributed by atoms with van der Waals surface area (Å²) in [5.74, 6) is -0.484. The Morgan fingerprint density at radius 3 is 2.32 bits per heavy atom. The molecule has 1 fully saturated rings. The van der Waals surface area contributed by atoms with Crippen LogP contribution in [-0.4, -0.2) is 74.6 Å². The van der Waals surface area contributed by atoms with E-state index in [-0.39, 0.29) is 30.9 Å². The van der Waals surface area contributed by atoms with Crippen LogP contribution < -0.4 is 0 Å². The first-order chi connectivity index (χ1) is 17.7. The second kappa shape index (κ2) is 11.5. The monoisotopic (exact) mass is 516 g/mol. The first-order valence-corrected chi connectivity index (χ1v) is 11.8. The van der Waals surface area contributed by atoms with Crippen molar-refractivity contribution in [3.63, 3.8) is 0 Å². The summed E-state index contributed by atoms with van der Waals surface area (Å²) in [5.41, 5.74) is 1.66. The number of carbonyl (C=O) groups is 2. The first-order valence-electron chi connectivity index (χ1n) is 11.8. The van der Waals surface area contributed by atoms with E-state index in [1.807, 2.05) is 24.3 Å². The SMILES string of the molecule is CC(=O)OCc1ccc(C(F)(F)F)c(CCN2CCN(C(=O)Cc3ccc(-n4cnnn4)cc3)CC2)c1. The Morgan fingerprint density at radius 2 is 1.70 bits per heavy atom. The van der Waals surface area contributed by atoms with Crippen LogP contribution in [0.2, 0.25) is 0 Å². The van der Waals surface area contributed by atoms with Crippen LogP contribution in [0.3, 0.4) is 0 Å². The Kier molecular flexibility index (Phi) is 8.17. The van der Waals surface area contributed by atoms with E-state index in [0.717, 1.165) is 17.3 Å². The molecule has 0 spiro atoms. The molecule has 9 nitrogen and oxygen atoms in total. The average molecular weight is 517 g/mol. The van der Waals surface area contributed by atoms with Crippen LogP contribution in [0.1, 0.15) is 29.2 Å². The lowest BCUT2D eigenvalue weighted by Crippen LogP contribution is -2.49. The number of piperazine rings is 1. The van der Waals surface area contributed by atoms with Gasteiger partial charge in [0, 0.05) is 39.6 Å². The molecular weight excluding hydrogens is 489 g/mol. The Balaban J connectivity index is 1.29. The van der Waals surface area contributed by atoms with Gasteiger partial charge in [-0.15, -0.1) is 5.10 Å². The van der Waals surface area contributed by atoms with Crippen LogP contribution in [0.15, 0.2) is 48.8 Å². The maximum Gasteiger partial charge on any atom is 0.416 e. The van der Waals surface area contributed by atoms with Crippen molar-refractivity contribution >= 4 is 11.9 Å². The Bertz CT molecular complexity index is 1210. The number of nitrogens with zero attached hydrogens (tertiary/aromatic N) is 6. The number of esters is 1. The highest BCUT2D eigenvalue weighted by molar-refractivity contribution is 5.79. The van der Waals surface area contributed by atoms with Crippen LogP contribution in [-0.2, 0) is 40.0 Å². The van der Waals surface area contributed by atoms with Gasteiger partial charge < -0.3 is 9.64 Å². The van der Waals surface area contributed by atoms with Gasteiger partial charge in [0.25, 0.3) is 0 Å². The Hall–Kier alpha value is -3.80. The predicted molar refractivity (Wildman–Crippen MR) is 126 cm³/mol. The number of hydrogen-bond acceptors (Lipinski definition) is 7. The standard InChI is InChI=1S/C25H27F3N6O3/c1-18(35)37-16-20-4-7-23(25(26,27)28)21(14-20)8-9-32-10-12-33(13-11-32)24(36)15-19-2-5-22(6-3-19)34-17-29-30-31-34/h2-7,14,17H,8-13,15-16H2,1H3. The molecule has 196 valence electrons. The molecule has 4 rings (SSSR count). The fourth-order valence-corrected chi connectivity index (χ4v) is 4.24. The van der Waals surface area contributed by atoms with Crippen molar-refractivity contribution in [1.82, 2.24) is 30.0 Å². The molecule has 0 saturated carbocycles. The molecule has 0 aliphatic carbocycles. The molecule has 0 unspecified atom stereocenters. The molecule has 12 heteroatoms. The number of aromatic nitrogens is 4. The number of halogens is 3. The number of tetrazole rings is 1. The number of ether oxygens (including phenoxy) is 1. The molecule has 2 aromatic carbocycles. The molecule has 1 saturated heterocycles. The van der Waals surface area contributed by atoms with Gasteiger partial charge in [-0.2, -0.15) is 13.2 Å². The minimum absolute atomic E-state index is 0.00681. The molecule has 1 aliphatic rings. The van der Waals surface area contributed by atoms with Crippen LogP contribution in [0.25, 0.3) is 5.69 Å². The van der Waals surface area contributed by atoms with E-state index in [2.05, 4.69) is 20.4 Å². The first kappa shape index (κ1) is 26.3. The fraction of sp³-hybridized carbons (Fsp3) is 0.400. The molecule has 37 heavy (non-hydrogen) atoms. The highest BCUT2D eigenvalue weighted by atomic mass is 19.4. The van der Waals surface area contributed by atoms with E-state index >= 15 is 0 Å². The van der Waals surface area contributed by atoms with Gasteiger partial charge in [-0.3, -0.25) is 14.5 Å². The summed E-state index contributed by atoms with van der Waals surface area (Å²) in [5, 5.41) is 11.0. The highest BCUT2D eigenvalue weighted by Crippen LogP contribution is 2.33. The summed E-state index contributed by atoms with van der Waals surface area (Å²) in [6.07, 6.45) is -2.52. The maximum atomic E-state index is 13.5. The summed E-state index contributed by atoms with van der Waals surface area (Å²) < 4.78 is 47.0. The van der Waals surface area contributed by atoms with Gasteiger partial charge in [0.05, 0.1) is 17.7 Å². The number of rotatable bonds is 8. The number of hydrogen-bond donors (Lipinski definition) is 0. The Labute approximate surface area is 211 Å². The summed E-state index contributed by atoms with van der Waals surface area (Å²) in [6.45, 7) is 3.81. The molecular formula is C25H27F3N6O3. The third-order valence-electron chi connectivity index (χ3n) is 6.24. The lowest BCUT2D eigenvalue weighted by atomic mass is 10.0. The van der Waals surface area contributed by atoms with E-state index < -0.39 is 17.7 Å². The lowest BCUT2D eigenvalue weighted by Gasteiger charge is -2.35. The second-order valence-electron chi connectivity index (χ2n) is 8.84. The van der Waals surface area contributed by atoms with E-state index in [9.17, 15) is 22.8 Å². The van der Waals surface area contributed by atoms with Gasteiger partial charge >= 0.3 is 12.1 Å². The zero-order chi connectivity index (χ0) is 26.4. The minimum Gasteiger partial charge on any atom is -0.461 e. The number of benzene rings is 2.